The molecule has 0 fully saturated rings. The van der Waals surface area contributed by atoms with E-state index in [-0.39, 0.29) is 28.5 Å². The first-order valence-electron chi connectivity index (χ1n) is 12.9. The molecule has 0 spiro atoms. The van der Waals surface area contributed by atoms with Crippen molar-refractivity contribution in [2.24, 2.45) is 0 Å². The lowest BCUT2D eigenvalue weighted by atomic mass is 10.0. The molecule has 0 saturated carbocycles. The van der Waals surface area contributed by atoms with Crippen LogP contribution >= 0.6 is 23.2 Å². The second kappa shape index (κ2) is 15.1. The summed E-state index contributed by atoms with van der Waals surface area (Å²) in [6.45, 7) is 0. The number of nitrogens with zero attached hydrogens (tertiary/aromatic N) is 1. The zero-order valence-corrected chi connectivity index (χ0v) is 25.1. The molecular formula is C30H32Cl2N4O6. The summed E-state index contributed by atoms with van der Waals surface area (Å²) in [5, 5.41) is 8.73. The number of hydrogen-bond acceptors (Lipinski definition) is 7. The maximum absolute atomic E-state index is 12.9. The van der Waals surface area contributed by atoms with E-state index in [4.69, 9.17) is 32.7 Å². The van der Waals surface area contributed by atoms with Crippen LogP contribution in [0.3, 0.4) is 0 Å². The van der Waals surface area contributed by atoms with Crippen LogP contribution in [-0.2, 0) is 31.9 Å². The lowest BCUT2D eigenvalue weighted by molar-refractivity contribution is -0.141. The van der Waals surface area contributed by atoms with Crippen LogP contribution in [0.2, 0.25) is 10.0 Å². The fourth-order valence-corrected chi connectivity index (χ4v) is 4.65. The summed E-state index contributed by atoms with van der Waals surface area (Å²) < 4.78 is 9.58. The molecule has 0 unspecified atom stereocenters. The molecule has 222 valence electrons. The van der Waals surface area contributed by atoms with E-state index < -0.39 is 29.9 Å². The molecule has 0 aliphatic carbocycles. The highest BCUT2D eigenvalue weighted by atomic mass is 35.5. The van der Waals surface area contributed by atoms with Gasteiger partial charge in [-0.2, -0.15) is 0 Å². The first-order valence-corrected chi connectivity index (χ1v) is 13.6. The molecule has 12 heteroatoms. The van der Waals surface area contributed by atoms with E-state index in [0.717, 1.165) is 11.3 Å². The van der Waals surface area contributed by atoms with Crippen LogP contribution in [0.5, 0.6) is 0 Å². The molecule has 0 bridgehead atoms. The fraction of sp³-hybridized carbons (Fsp3) is 0.267. The van der Waals surface area contributed by atoms with E-state index in [1.807, 2.05) is 31.1 Å². The van der Waals surface area contributed by atoms with Gasteiger partial charge in [0.2, 0.25) is 0 Å². The minimum absolute atomic E-state index is 0.00550. The molecule has 3 N–H and O–H groups in total. The Kier molecular flexibility index (Phi) is 11.6. The quantitative estimate of drug-likeness (QED) is 0.249. The third-order valence-corrected chi connectivity index (χ3v) is 6.91. The summed E-state index contributed by atoms with van der Waals surface area (Å²) in [6, 6.07) is 15.9. The number of anilines is 3. The molecule has 3 rings (SSSR count). The number of carbonyl (C=O) groups excluding carboxylic acids is 4. The highest BCUT2D eigenvalue weighted by Gasteiger charge is 2.22. The predicted octanol–water partition coefficient (Wildman–Crippen LogP) is 5.32. The molecule has 3 aromatic rings. The van der Waals surface area contributed by atoms with E-state index in [1.165, 1.54) is 14.2 Å². The first-order chi connectivity index (χ1) is 20.0. The van der Waals surface area contributed by atoms with Gasteiger partial charge in [-0.05, 0) is 60.0 Å². The second-order valence-corrected chi connectivity index (χ2v) is 10.3. The fourth-order valence-electron chi connectivity index (χ4n) is 4.08. The molecule has 0 aliphatic rings. The Morgan fingerprint density at radius 3 is 2.10 bits per heavy atom. The average Bonchev–Trinajstić information content (AvgIpc) is 2.94. The van der Waals surface area contributed by atoms with Crippen molar-refractivity contribution in [2.75, 3.05) is 43.8 Å². The van der Waals surface area contributed by atoms with Crippen molar-refractivity contribution in [2.45, 2.75) is 25.3 Å². The van der Waals surface area contributed by atoms with Crippen molar-refractivity contribution in [1.29, 1.82) is 0 Å². The maximum atomic E-state index is 12.9. The van der Waals surface area contributed by atoms with Crippen molar-refractivity contribution in [1.82, 2.24) is 5.32 Å². The highest BCUT2D eigenvalue weighted by molar-refractivity contribution is 6.39. The maximum Gasteiger partial charge on any atom is 0.323 e. The number of esters is 2. The Morgan fingerprint density at radius 1 is 0.857 bits per heavy atom. The number of ether oxygens (including phenoxy) is 2. The van der Waals surface area contributed by atoms with E-state index in [0.29, 0.717) is 23.4 Å². The third-order valence-electron chi connectivity index (χ3n) is 6.28. The number of nitrogens with one attached hydrogen (secondary N) is 3. The number of methoxy groups -OCH3 is 2. The summed E-state index contributed by atoms with van der Waals surface area (Å²) in [5.41, 5.74) is 3.36. The van der Waals surface area contributed by atoms with Crippen LogP contribution in [0.15, 0.2) is 60.7 Å². The molecule has 0 heterocycles. The second-order valence-electron chi connectivity index (χ2n) is 9.52. The first kappa shape index (κ1) is 32.2. The molecule has 1 atom stereocenters. The minimum atomic E-state index is -0.613. The standard InChI is InChI=1S/C30H32Cl2N4O6/c1-36(2)22-12-13-25(19(15-22)16-26(37)41-3)35-30(40)34-20-10-8-18(9-11-20)14-21(17-27(38)42-4)33-29(39)28-23(31)6-5-7-24(28)32/h5-13,15,21H,14,16-17H2,1-4H3,(H,33,39)(H2,34,35,40)/t21-/m0/s1. The van der Waals surface area contributed by atoms with Gasteiger partial charge in [0.15, 0.2) is 0 Å². The van der Waals surface area contributed by atoms with Gasteiger partial charge in [-0.1, -0.05) is 41.4 Å². The molecular weight excluding hydrogens is 583 g/mol. The van der Waals surface area contributed by atoms with Gasteiger partial charge in [-0.15, -0.1) is 0 Å². The van der Waals surface area contributed by atoms with E-state index in [1.54, 1.807) is 48.5 Å². The van der Waals surface area contributed by atoms with Gasteiger partial charge in [-0.3, -0.25) is 14.4 Å². The number of hydrogen-bond donors (Lipinski definition) is 3. The van der Waals surface area contributed by atoms with Crippen molar-refractivity contribution >= 4 is 64.1 Å². The zero-order valence-electron chi connectivity index (χ0n) is 23.6. The van der Waals surface area contributed by atoms with E-state index in [2.05, 4.69) is 16.0 Å². The smallest absolute Gasteiger partial charge is 0.323 e. The van der Waals surface area contributed by atoms with E-state index >= 15 is 0 Å². The third kappa shape index (κ3) is 9.12. The van der Waals surface area contributed by atoms with Crippen LogP contribution in [-0.4, -0.2) is 58.2 Å². The van der Waals surface area contributed by atoms with Gasteiger partial charge in [0, 0.05) is 37.2 Å². The van der Waals surface area contributed by atoms with Crippen LogP contribution in [0, 0.1) is 0 Å². The monoisotopic (exact) mass is 614 g/mol. The van der Waals surface area contributed by atoms with Crippen molar-refractivity contribution in [3.8, 4) is 0 Å². The topological polar surface area (TPSA) is 126 Å². The van der Waals surface area contributed by atoms with Crippen molar-refractivity contribution < 1.29 is 28.7 Å². The van der Waals surface area contributed by atoms with E-state index in [9.17, 15) is 19.2 Å². The van der Waals surface area contributed by atoms with Crippen LogP contribution in [0.1, 0.15) is 27.9 Å². The Labute approximate surface area is 254 Å². The Hall–Kier alpha value is -4.28. The Balaban J connectivity index is 1.69. The molecule has 0 radical (unpaired) electrons. The van der Waals surface area contributed by atoms with Gasteiger partial charge >= 0.3 is 18.0 Å². The molecule has 0 aromatic heterocycles. The number of carbonyl (C=O) groups is 4. The van der Waals surface area contributed by atoms with Crippen LogP contribution in [0.25, 0.3) is 0 Å². The lowest BCUT2D eigenvalue weighted by Gasteiger charge is -2.19. The van der Waals surface area contributed by atoms with Crippen LogP contribution in [0.4, 0.5) is 21.9 Å². The SMILES string of the molecule is COC(=O)Cc1cc(N(C)C)ccc1NC(=O)Nc1ccc(C[C@@H](CC(=O)OC)NC(=O)c2c(Cl)cccc2Cl)cc1. The van der Waals surface area contributed by atoms with Gasteiger partial charge in [-0.25, -0.2) is 4.79 Å². The largest absolute Gasteiger partial charge is 0.469 e. The molecule has 10 nitrogen and oxygen atoms in total. The number of rotatable bonds is 11. The summed E-state index contributed by atoms with van der Waals surface area (Å²) in [4.78, 5) is 51.5. The number of halogens is 2. The summed E-state index contributed by atoms with van der Waals surface area (Å²) in [7, 11) is 6.33. The normalized spacial score (nSPS) is 11.2. The number of benzene rings is 3. The van der Waals surface area contributed by atoms with Gasteiger partial charge in [0.25, 0.3) is 5.91 Å². The van der Waals surface area contributed by atoms with Crippen LogP contribution < -0.4 is 20.9 Å². The van der Waals surface area contributed by atoms with Gasteiger partial charge in [0.1, 0.15) is 0 Å². The van der Waals surface area contributed by atoms with Gasteiger partial charge < -0.3 is 30.3 Å². The highest BCUT2D eigenvalue weighted by Crippen LogP contribution is 2.25. The molecule has 0 saturated heterocycles. The average molecular weight is 616 g/mol. The number of amides is 3. The molecule has 3 amide bonds. The molecule has 3 aromatic carbocycles. The number of urea groups is 1. The summed E-state index contributed by atoms with van der Waals surface area (Å²) >= 11 is 12.3. The van der Waals surface area contributed by atoms with Gasteiger partial charge in [0.05, 0.1) is 42.7 Å². The minimum Gasteiger partial charge on any atom is -0.469 e. The Bertz CT molecular complexity index is 1430. The predicted molar refractivity (Wildman–Crippen MR) is 164 cm³/mol. The van der Waals surface area contributed by atoms with Crippen molar-refractivity contribution in [3.63, 3.8) is 0 Å². The molecule has 0 aliphatic heterocycles. The Morgan fingerprint density at radius 2 is 1.50 bits per heavy atom. The van der Waals surface area contributed by atoms with Crippen molar-refractivity contribution in [3.05, 3.63) is 87.4 Å². The summed E-state index contributed by atoms with van der Waals surface area (Å²) in [6.07, 6.45) is 0.214. The summed E-state index contributed by atoms with van der Waals surface area (Å²) in [5.74, 6) is -1.44. The lowest BCUT2D eigenvalue weighted by Crippen LogP contribution is -2.38. The zero-order chi connectivity index (χ0) is 30.8. The molecule has 42 heavy (non-hydrogen) atoms.